The molecule has 3 aromatic rings. The molecular formula is C14H8BrNO3S2. The second kappa shape index (κ2) is 5.59. The molecule has 3 rings (SSSR count). The first-order valence-corrected chi connectivity index (χ1v) is 8.35. The highest BCUT2D eigenvalue weighted by molar-refractivity contribution is 9.10. The Balaban J connectivity index is 1.94. The van der Waals surface area contributed by atoms with Crippen LogP contribution in [0.25, 0.3) is 9.40 Å². The maximum Gasteiger partial charge on any atom is 0.337 e. The molecule has 7 heteroatoms. The van der Waals surface area contributed by atoms with Crippen molar-refractivity contribution in [1.82, 2.24) is 0 Å². The smallest absolute Gasteiger partial charge is 0.337 e. The van der Waals surface area contributed by atoms with E-state index in [-0.39, 0.29) is 17.2 Å². The van der Waals surface area contributed by atoms with Gasteiger partial charge in [-0.15, -0.1) is 22.7 Å². The number of amides is 1. The molecule has 0 unspecified atom stereocenters. The number of carboxylic acid groups (broad SMARTS) is 1. The summed E-state index contributed by atoms with van der Waals surface area (Å²) in [5.74, 6) is -1.39. The first kappa shape index (κ1) is 14.2. The Bertz CT molecular complexity index is 824. The summed E-state index contributed by atoms with van der Waals surface area (Å²) in [6, 6.07) is 8.54. The van der Waals surface area contributed by atoms with E-state index in [1.807, 2.05) is 17.5 Å². The molecule has 1 amide bonds. The van der Waals surface area contributed by atoms with Crippen LogP contribution in [-0.4, -0.2) is 17.0 Å². The fourth-order valence-corrected chi connectivity index (χ4v) is 4.35. The third-order valence-corrected chi connectivity index (χ3v) is 5.60. The van der Waals surface area contributed by atoms with E-state index in [1.165, 1.54) is 17.4 Å². The van der Waals surface area contributed by atoms with Crippen LogP contribution in [0.5, 0.6) is 0 Å². The summed E-state index contributed by atoms with van der Waals surface area (Å²) in [4.78, 5) is 24.1. The van der Waals surface area contributed by atoms with Crippen LogP contribution in [0.4, 0.5) is 5.69 Å². The van der Waals surface area contributed by atoms with E-state index in [2.05, 4.69) is 21.2 Å². The number of hydrogen-bond donors (Lipinski definition) is 2. The summed E-state index contributed by atoms with van der Waals surface area (Å²) >= 11 is 6.23. The number of hydrogen-bond acceptors (Lipinski definition) is 4. The number of carboxylic acids is 1. The quantitative estimate of drug-likeness (QED) is 0.692. The molecule has 0 fully saturated rings. The number of anilines is 1. The summed E-state index contributed by atoms with van der Waals surface area (Å²) < 4.78 is 2.64. The molecule has 4 nitrogen and oxygen atoms in total. The normalized spacial score (nSPS) is 10.7. The molecule has 0 aliphatic rings. The summed E-state index contributed by atoms with van der Waals surface area (Å²) in [6.45, 7) is 0. The van der Waals surface area contributed by atoms with E-state index >= 15 is 0 Å². The van der Waals surface area contributed by atoms with E-state index in [0.29, 0.717) is 9.35 Å². The number of thiophene rings is 2. The van der Waals surface area contributed by atoms with Crippen molar-refractivity contribution >= 4 is 65.6 Å². The van der Waals surface area contributed by atoms with Crippen LogP contribution in [0.1, 0.15) is 20.0 Å². The lowest BCUT2D eigenvalue weighted by molar-refractivity contribution is 0.0698. The van der Waals surface area contributed by atoms with Crippen molar-refractivity contribution in [2.24, 2.45) is 0 Å². The minimum atomic E-state index is -1.08. The largest absolute Gasteiger partial charge is 0.478 e. The molecule has 2 heterocycles. The Morgan fingerprint density at radius 2 is 2.00 bits per heavy atom. The summed E-state index contributed by atoms with van der Waals surface area (Å²) in [5, 5.41) is 13.8. The number of aromatic carboxylic acids is 1. The number of carbonyl (C=O) groups is 2. The maximum atomic E-state index is 12.3. The first-order valence-electron chi connectivity index (χ1n) is 5.86. The zero-order chi connectivity index (χ0) is 15.0. The molecule has 0 saturated heterocycles. The molecule has 0 atom stereocenters. The first-order chi connectivity index (χ1) is 10.1. The Kier molecular flexibility index (Phi) is 3.79. The van der Waals surface area contributed by atoms with E-state index in [1.54, 1.807) is 23.5 Å². The summed E-state index contributed by atoms with van der Waals surface area (Å²) in [5.41, 5.74) is 0.322. The number of fused-ring (bicyclic) bond motifs is 1. The SMILES string of the molecule is O=C(Nc1c(Br)cccc1C(=O)O)c1cc2sccc2s1. The predicted molar refractivity (Wildman–Crippen MR) is 88.8 cm³/mol. The van der Waals surface area contributed by atoms with Crippen molar-refractivity contribution < 1.29 is 14.7 Å². The van der Waals surface area contributed by atoms with Crippen LogP contribution in [0, 0.1) is 0 Å². The van der Waals surface area contributed by atoms with Crippen molar-refractivity contribution in [3.63, 3.8) is 0 Å². The van der Waals surface area contributed by atoms with Crippen molar-refractivity contribution in [2.75, 3.05) is 5.32 Å². The Hall–Kier alpha value is -1.70. The number of nitrogens with one attached hydrogen (secondary N) is 1. The van der Waals surface area contributed by atoms with Crippen LogP contribution >= 0.6 is 38.6 Å². The van der Waals surface area contributed by atoms with Gasteiger partial charge in [-0.1, -0.05) is 6.07 Å². The topological polar surface area (TPSA) is 66.4 Å². The van der Waals surface area contributed by atoms with Crippen LogP contribution in [-0.2, 0) is 0 Å². The number of benzene rings is 1. The second-order valence-corrected chi connectivity index (χ2v) is 7.07. The van der Waals surface area contributed by atoms with Crippen LogP contribution in [0.15, 0.2) is 40.2 Å². The molecule has 0 aliphatic carbocycles. The number of para-hydroxylation sites is 1. The van der Waals surface area contributed by atoms with Gasteiger partial charge in [0, 0.05) is 13.9 Å². The second-order valence-electron chi connectivity index (χ2n) is 4.18. The van der Waals surface area contributed by atoms with Crippen molar-refractivity contribution in [3.8, 4) is 0 Å². The third-order valence-electron chi connectivity index (χ3n) is 2.85. The zero-order valence-corrected chi connectivity index (χ0v) is 13.6. The Labute approximate surface area is 136 Å². The van der Waals surface area contributed by atoms with Gasteiger partial charge in [0.1, 0.15) is 0 Å². The lowest BCUT2D eigenvalue weighted by atomic mass is 10.2. The molecule has 2 aromatic heterocycles. The van der Waals surface area contributed by atoms with Gasteiger partial charge in [0.05, 0.1) is 16.1 Å². The van der Waals surface area contributed by atoms with Gasteiger partial charge in [-0.05, 0) is 45.6 Å². The minimum Gasteiger partial charge on any atom is -0.478 e. The van der Waals surface area contributed by atoms with Gasteiger partial charge < -0.3 is 10.4 Å². The lowest BCUT2D eigenvalue weighted by Crippen LogP contribution is -2.14. The number of halogens is 1. The molecule has 0 aliphatic heterocycles. The molecule has 0 spiro atoms. The van der Waals surface area contributed by atoms with Crippen LogP contribution in [0.2, 0.25) is 0 Å². The van der Waals surface area contributed by atoms with Gasteiger partial charge in [0.2, 0.25) is 0 Å². The number of carbonyl (C=O) groups excluding carboxylic acids is 1. The molecule has 106 valence electrons. The average molecular weight is 382 g/mol. The van der Waals surface area contributed by atoms with Crippen LogP contribution < -0.4 is 5.32 Å². The highest BCUT2D eigenvalue weighted by atomic mass is 79.9. The average Bonchev–Trinajstić information content (AvgIpc) is 3.01. The van der Waals surface area contributed by atoms with E-state index in [4.69, 9.17) is 0 Å². The summed E-state index contributed by atoms with van der Waals surface area (Å²) in [7, 11) is 0. The van der Waals surface area contributed by atoms with Crippen molar-refractivity contribution in [1.29, 1.82) is 0 Å². The molecule has 1 aromatic carbocycles. The highest BCUT2D eigenvalue weighted by Crippen LogP contribution is 2.32. The van der Waals surface area contributed by atoms with Crippen molar-refractivity contribution in [2.45, 2.75) is 0 Å². The highest BCUT2D eigenvalue weighted by Gasteiger charge is 2.17. The molecular weight excluding hydrogens is 374 g/mol. The van der Waals surface area contributed by atoms with E-state index < -0.39 is 5.97 Å². The Morgan fingerprint density at radius 1 is 1.19 bits per heavy atom. The molecule has 0 radical (unpaired) electrons. The van der Waals surface area contributed by atoms with Gasteiger partial charge in [0.15, 0.2) is 0 Å². The van der Waals surface area contributed by atoms with Gasteiger partial charge in [-0.3, -0.25) is 4.79 Å². The van der Waals surface area contributed by atoms with Gasteiger partial charge in [-0.25, -0.2) is 4.79 Å². The van der Waals surface area contributed by atoms with Gasteiger partial charge >= 0.3 is 5.97 Å². The third kappa shape index (κ3) is 2.72. The molecule has 21 heavy (non-hydrogen) atoms. The van der Waals surface area contributed by atoms with Crippen molar-refractivity contribution in [3.05, 3.63) is 50.6 Å². The lowest BCUT2D eigenvalue weighted by Gasteiger charge is -2.09. The Morgan fingerprint density at radius 3 is 2.71 bits per heavy atom. The zero-order valence-electron chi connectivity index (χ0n) is 10.4. The molecule has 0 saturated carbocycles. The maximum absolute atomic E-state index is 12.3. The molecule has 0 bridgehead atoms. The fraction of sp³-hybridized carbons (Fsp3) is 0. The van der Waals surface area contributed by atoms with E-state index in [0.717, 1.165) is 9.40 Å². The number of rotatable bonds is 3. The minimum absolute atomic E-state index is 0.0519. The van der Waals surface area contributed by atoms with Gasteiger partial charge in [0.25, 0.3) is 5.91 Å². The monoisotopic (exact) mass is 381 g/mol. The fourth-order valence-electron chi connectivity index (χ4n) is 1.88. The van der Waals surface area contributed by atoms with Gasteiger partial charge in [-0.2, -0.15) is 0 Å². The standard InChI is InChI=1S/C14H8BrNO3S2/c15-8-3-1-2-7(14(18)19)12(8)16-13(17)11-6-10-9(21-11)4-5-20-10/h1-6H,(H,16,17)(H,18,19). The van der Waals surface area contributed by atoms with E-state index in [9.17, 15) is 14.7 Å². The van der Waals surface area contributed by atoms with Crippen LogP contribution in [0.3, 0.4) is 0 Å². The molecule has 2 N–H and O–H groups in total. The predicted octanol–water partition coefficient (Wildman–Crippen LogP) is 4.68. The summed E-state index contributed by atoms with van der Waals surface area (Å²) in [6.07, 6.45) is 0.